The van der Waals surface area contributed by atoms with Crippen molar-refractivity contribution in [3.05, 3.63) is 29.3 Å². The van der Waals surface area contributed by atoms with Gasteiger partial charge >= 0.3 is 0 Å². The fourth-order valence-corrected chi connectivity index (χ4v) is 2.48. The van der Waals surface area contributed by atoms with Gasteiger partial charge in [0.1, 0.15) is 5.75 Å². The summed E-state index contributed by atoms with van der Waals surface area (Å²) >= 11 is 0. The van der Waals surface area contributed by atoms with Crippen LogP contribution < -0.4 is 4.74 Å². The van der Waals surface area contributed by atoms with Crippen LogP contribution in [0.15, 0.2) is 18.2 Å². The molecule has 5 heteroatoms. The number of aryl methyl sites for hydroxylation is 1. The molecule has 0 aliphatic heterocycles. The van der Waals surface area contributed by atoms with Gasteiger partial charge in [0.2, 0.25) is 9.05 Å². The Morgan fingerprint density at radius 3 is 2.37 bits per heavy atom. The monoisotopic (exact) mass is 304 g/mol. The molecule has 0 spiro atoms. The second-order valence-electron chi connectivity index (χ2n) is 5.68. The summed E-state index contributed by atoms with van der Waals surface area (Å²) < 4.78 is 27.1. The van der Waals surface area contributed by atoms with E-state index in [1.807, 2.05) is 19.1 Å². The van der Waals surface area contributed by atoms with Gasteiger partial charge in [-0.3, -0.25) is 0 Å². The zero-order valence-corrected chi connectivity index (χ0v) is 13.4. The van der Waals surface area contributed by atoms with E-state index in [1.54, 1.807) is 0 Å². The first-order valence-electron chi connectivity index (χ1n) is 6.26. The van der Waals surface area contributed by atoms with Crippen LogP contribution in [0, 0.1) is 6.92 Å². The molecule has 108 valence electrons. The number of halogens is 1. The zero-order valence-electron chi connectivity index (χ0n) is 11.9. The Hall–Kier alpha value is -0.740. The van der Waals surface area contributed by atoms with Crippen LogP contribution in [0.2, 0.25) is 0 Å². The highest BCUT2D eigenvalue weighted by Crippen LogP contribution is 2.27. The molecule has 0 saturated heterocycles. The van der Waals surface area contributed by atoms with E-state index in [9.17, 15) is 8.42 Å². The van der Waals surface area contributed by atoms with E-state index in [0.717, 1.165) is 11.3 Å². The fourth-order valence-electron chi connectivity index (χ4n) is 1.69. The van der Waals surface area contributed by atoms with E-state index in [2.05, 4.69) is 26.8 Å². The van der Waals surface area contributed by atoms with Crippen molar-refractivity contribution >= 4 is 19.7 Å². The summed E-state index contributed by atoms with van der Waals surface area (Å²) in [6, 6.07) is 6.08. The second-order valence-corrected chi connectivity index (χ2v) is 8.57. The van der Waals surface area contributed by atoms with Gasteiger partial charge in [0, 0.05) is 10.7 Å². The first kappa shape index (κ1) is 16.3. The Labute approximate surface area is 120 Å². The molecule has 0 fully saturated rings. The van der Waals surface area contributed by atoms with Gasteiger partial charge in [-0.25, -0.2) is 8.42 Å². The molecule has 1 rings (SSSR count). The van der Waals surface area contributed by atoms with Crippen molar-refractivity contribution in [3.8, 4) is 5.75 Å². The number of hydrogen-bond acceptors (Lipinski definition) is 3. The molecular formula is C14H21ClO3S. The third-order valence-corrected chi connectivity index (χ3v) is 4.07. The highest BCUT2D eigenvalue weighted by Gasteiger charge is 2.14. The minimum absolute atomic E-state index is 0.0618. The Bertz CT molecular complexity index is 530. The predicted molar refractivity (Wildman–Crippen MR) is 79.6 cm³/mol. The van der Waals surface area contributed by atoms with Gasteiger partial charge in [-0.15, -0.1) is 0 Å². The van der Waals surface area contributed by atoms with Gasteiger partial charge < -0.3 is 4.74 Å². The first-order valence-corrected chi connectivity index (χ1v) is 8.74. The van der Waals surface area contributed by atoms with E-state index in [4.69, 9.17) is 15.4 Å². The molecule has 0 N–H and O–H groups in total. The molecule has 0 bridgehead atoms. The summed E-state index contributed by atoms with van der Waals surface area (Å²) in [4.78, 5) is 0. The Morgan fingerprint density at radius 1 is 1.26 bits per heavy atom. The third kappa shape index (κ3) is 5.83. The van der Waals surface area contributed by atoms with Gasteiger partial charge in [0.25, 0.3) is 0 Å². The highest BCUT2D eigenvalue weighted by atomic mass is 35.7. The SMILES string of the molecule is Cc1cc(C(C)(C)C)ccc1OCCCS(=O)(=O)Cl. The second kappa shape index (κ2) is 6.14. The van der Waals surface area contributed by atoms with Crippen LogP contribution in [0.1, 0.15) is 38.3 Å². The van der Waals surface area contributed by atoms with Crippen LogP contribution >= 0.6 is 10.7 Å². The maximum atomic E-state index is 10.8. The van der Waals surface area contributed by atoms with E-state index < -0.39 is 9.05 Å². The molecule has 3 nitrogen and oxygen atoms in total. The molecule has 1 aromatic rings. The van der Waals surface area contributed by atoms with Crippen molar-refractivity contribution in [3.63, 3.8) is 0 Å². The lowest BCUT2D eigenvalue weighted by Gasteiger charge is -2.20. The molecule has 0 heterocycles. The molecule has 0 atom stereocenters. The molecular weight excluding hydrogens is 284 g/mol. The van der Waals surface area contributed by atoms with Gasteiger partial charge in [-0.05, 0) is 36.0 Å². The average molecular weight is 305 g/mol. The van der Waals surface area contributed by atoms with Crippen LogP contribution in [-0.4, -0.2) is 20.8 Å². The summed E-state index contributed by atoms with van der Waals surface area (Å²) in [7, 11) is 1.71. The molecule has 0 aromatic heterocycles. The number of benzene rings is 1. The topological polar surface area (TPSA) is 43.4 Å². The summed E-state index contributed by atoms with van der Waals surface area (Å²) in [6.45, 7) is 8.82. The van der Waals surface area contributed by atoms with E-state index in [0.29, 0.717) is 13.0 Å². The standard InChI is InChI=1S/C14H21ClO3S/c1-11-10-12(14(2,3)4)6-7-13(11)18-8-5-9-19(15,16)17/h6-7,10H,5,8-9H2,1-4H3. The lowest BCUT2D eigenvalue weighted by molar-refractivity contribution is 0.315. The highest BCUT2D eigenvalue weighted by molar-refractivity contribution is 8.13. The smallest absolute Gasteiger partial charge is 0.232 e. The molecule has 0 unspecified atom stereocenters. The first-order chi connectivity index (χ1) is 8.59. The molecule has 1 aromatic carbocycles. The van der Waals surface area contributed by atoms with Crippen LogP contribution in [0.25, 0.3) is 0 Å². The Kier molecular flexibility index (Phi) is 5.27. The maximum absolute atomic E-state index is 10.8. The predicted octanol–water partition coefficient (Wildman–Crippen LogP) is 3.63. The average Bonchev–Trinajstić information content (AvgIpc) is 2.23. The molecule has 0 saturated carbocycles. The fraction of sp³-hybridized carbons (Fsp3) is 0.571. The van der Waals surface area contributed by atoms with E-state index >= 15 is 0 Å². The minimum Gasteiger partial charge on any atom is -0.493 e. The quantitative estimate of drug-likeness (QED) is 0.616. The van der Waals surface area contributed by atoms with Gasteiger partial charge in [-0.2, -0.15) is 0 Å². The van der Waals surface area contributed by atoms with Crippen LogP contribution in [0.5, 0.6) is 5.75 Å². The zero-order chi connectivity index (χ0) is 14.7. The molecule has 0 aliphatic rings. The summed E-state index contributed by atoms with van der Waals surface area (Å²) in [5.74, 6) is 0.730. The van der Waals surface area contributed by atoms with Crippen LogP contribution in [0.3, 0.4) is 0 Å². The van der Waals surface area contributed by atoms with Crippen LogP contribution in [-0.2, 0) is 14.5 Å². The van der Waals surface area contributed by atoms with Gasteiger partial charge in [0.05, 0.1) is 12.4 Å². The van der Waals surface area contributed by atoms with Crippen molar-refractivity contribution < 1.29 is 13.2 Å². The largest absolute Gasteiger partial charge is 0.493 e. The number of hydrogen-bond donors (Lipinski definition) is 0. The van der Waals surface area contributed by atoms with Crippen molar-refractivity contribution in [1.82, 2.24) is 0 Å². The Morgan fingerprint density at radius 2 is 1.89 bits per heavy atom. The lowest BCUT2D eigenvalue weighted by atomic mass is 9.86. The molecule has 0 radical (unpaired) electrons. The van der Waals surface area contributed by atoms with E-state index in [-0.39, 0.29) is 11.2 Å². The van der Waals surface area contributed by atoms with Crippen molar-refractivity contribution in [2.24, 2.45) is 0 Å². The number of ether oxygens (including phenoxy) is 1. The Balaban J connectivity index is 2.61. The van der Waals surface area contributed by atoms with Crippen LogP contribution in [0.4, 0.5) is 0 Å². The summed E-state index contributed by atoms with van der Waals surface area (Å²) in [6.07, 6.45) is 0.395. The summed E-state index contributed by atoms with van der Waals surface area (Å²) in [5.41, 5.74) is 2.41. The molecule has 0 aliphatic carbocycles. The number of rotatable bonds is 5. The molecule has 19 heavy (non-hydrogen) atoms. The van der Waals surface area contributed by atoms with Crippen molar-refractivity contribution in [2.45, 2.75) is 39.5 Å². The molecule has 0 amide bonds. The maximum Gasteiger partial charge on any atom is 0.232 e. The third-order valence-electron chi connectivity index (χ3n) is 2.83. The lowest BCUT2D eigenvalue weighted by Crippen LogP contribution is -2.11. The minimum atomic E-state index is -3.42. The van der Waals surface area contributed by atoms with Crippen molar-refractivity contribution in [1.29, 1.82) is 0 Å². The van der Waals surface area contributed by atoms with Gasteiger partial charge in [0.15, 0.2) is 0 Å². The van der Waals surface area contributed by atoms with E-state index in [1.165, 1.54) is 5.56 Å². The summed E-state index contributed by atoms with van der Waals surface area (Å²) in [5, 5.41) is 0. The normalized spacial score (nSPS) is 12.5. The van der Waals surface area contributed by atoms with Gasteiger partial charge in [-0.1, -0.05) is 32.9 Å². The van der Waals surface area contributed by atoms with Crippen molar-refractivity contribution in [2.75, 3.05) is 12.4 Å².